The van der Waals surface area contributed by atoms with Gasteiger partial charge in [-0.15, -0.1) is 21.5 Å². The van der Waals surface area contributed by atoms with Crippen molar-refractivity contribution in [2.45, 2.75) is 5.16 Å². The predicted molar refractivity (Wildman–Crippen MR) is 115 cm³/mol. The third-order valence-electron chi connectivity index (χ3n) is 3.90. The number of carbonyl (C=O) groups is 1. The Morgan fingerprint density at radius 1 is 1.14 bits per heavy atom. The van der Waals surface area contributed by atoms with Crippen molar-refractivity contribution in [1.29, 1.82) is 0 Å². The molecule has 1 N–H and O–H groups in total. The van der Waals surface area contributed by atoms with Gasteiger partial charge in [0, 0.05) is 16.4 Å². The van der Waals surface area contributed by atoms with Crippen LogP contribution in [0.3, 0.4) is 0 Å². The zero-order valence-corrected chi connectivity index (χ0v) is 17.3. The average Bonchev–Trinajstić information content (AvgIpc) is 3.37. The zero-order chi connectivity index (χ0) is 20.2. The summed E-state index contributed by atoms with van der Waals surface area (Å²) >= 11 is 8.83. The van der Waals surface area contributed by atoms with Gasteiger partial charge in [-0.25, -0.2) is 4.39 Å². The lowest BCUT2D eigenvalue weighted by Crippen LogP contribution is -2.14. The molecule has 4 rings (SSSR count). The summed E-state index contributed by atoms with van der Waals surface area (Å²) in [4.78, 5) is 13.3. The van der Waals surface area contributed by atoms with E-state index >= 15 is 0 Å². The Balaban J connectivity index is 1.57. The second-order valence-corrected chi connectivity index (χ2v) is 8.27. The SMILES string of the molecule is O=C(CSc1nnc(-c2cccs2)n1-c1ccc(Cl)cc1)Nc1cccc(F)c1. The summed E-state index contributed by atoms with van der Waals surface area (Å²) in [6.45, 7) is 0. The molecule has 29 heavy (non-hydrogen) atoms. The number of hydrogen-bond donors (Lipinski definition) is 1. The number of nitrogens with one attached hydrogen (secondary N) is 1. The van der Waals surface area contributed by atoms with Crippen LogP contribution in [0.25, 0.3) is 16.4 Å². The predicted octanol–water partition coefficient (Wildman–Crippen LogP) is 5.52. The molecular weight excluding hydrogens is 431 g/mol. The highest BCUT2D eigenvalue weighted by atomic mass is 35.5. The molecule has 0 atom stereocenters. The molecule has 0 saturated carbocycles. The monoisotopic (exact) mass is 444 g/mol. The van der Waals surface area contributed by atoms with E-state index in [-0.39, 0.29) is 11.7 Å². The standard InChI is InChI=1S/C20H14ClFN4OS2/c21-13-6-8-16(9-7-13)26-19(17-5-2-10-28-17)24-25-20(26)29-12-18(27)23-15-4-1-3-14(22)11-15/h1-11H,12H2,(H,23,27). The number of carbonyl (C=O) groups excluding carboxylic acids is 1. The third kappa shape index (κ3) is 4.67. The molecular formula is C20H14ClFN4OS2. The summed E-state index contributed by atoms with van der Waals surface area (Å²) in [6.07, 6.45) is 0. The maximum absolute atomic E-state index is 13.3. The maximum atomic E-state index is 13.3. The average molecular weight is 445 g/mol. The van der Waals surface area contributed by atoms with Crippen LogP contribution in [0.2, 0.25) is 5.02 Å². The van der Waals surface area contributed by atoms with E-state index in [1.54, 1.807) is 35.6 Å². The molecule has 4 aromatic rings. The molecule has 0 saturated heterocycles. The molecule has 2 aromatic carbocycles. The number of thioether (sulfide) groups is 1. The molecule has 9 heteroatoms. The van der Waals surface area contributed by atoms with Gasteiger partial charge >= 0.3 is 0 Å². The van der Waals surface area contributed by atoms with Crippen LogP contribution in [-0.4, -0.2) is 26.4 Å². The summed E-state index contributed by atoms with van der Waals surface area (Å²) < 4.78 is 15.2. The van der Waals surface area contributed by atoms with Gasteiger partial charge in [0.2, 0.25) is 5.91 Å². The summed E-state index contributed by atoms with van der Waals surface area (Å²) in [5.41, 5.74) is 1.25. The van der Waals surface area contributed by atoms with Crippen LogP contribution in [-0.2, 0) is 4.79 Å². The minimum Gasteiger partial charge on any atom is -0.325 e. The number of halogens is 2. The number of hydrogen-bond acceptors (Lipinski definition) is 5. The third-order valence-corrected chi connectivity index (χ3v) is 5.95. The summed E-state index contributed by atoms with van der Waals surface area (Å²) in [5.74, 6) is 0.130. The highest BCUT2D eigenvalue weighted by molar-refractivity contribution is 7.99. The first-order chi connectivity index (χ1) is 14.1. The van der Waals surface area contributed by atoms with Crippen molar-refractivity contribution >= 4 is 46.3 Å². The largest absolute Gasteiger partial charge is 0.325 e. The molecule has 0 aliphatic rings. The normalized spacial score (nSPS) is 10.8. The smallest absolute Gasteiger partial charge is 0.234 e. The first-order valence-corrected chi connectivity index (χ1v) is 10.8. The van der Waals surface area contributed by atoms with Gasteiger partial charge in [-0.2, -0.15) is 0 Å². The molecule has 0 unspecified atom stereocenters. The fourth-order valence-electron chi connectivity index (χ4n) is 2.65. The van der Waals surface area contributed by atoms with Crippen molar-refractivity contribution in [3.05, 3.63) is 76.9 Å². The molecule has 0 spiro atoms. The fraction of sp³-hybridized carbons (Fsp3) is 0.0500. The van der Waals surface area contributed by atoms with Crippen LogP contribution in [0, 0.1) is 5.82 Å². The quantitative estimate of drug-likeness (QED) is 0.398. The fourth-order valence-corrected chi connectivity index (χ4v) is 4.22. The van der Waals surface area contributed by atoms with Gasteiger partial charge < -0.3 is 5.32 Å². The molecule has 2 aromatic heterocycles. The van der Waals surface area contributed by atoms with Gasteiger partial charge in [0.25, 0.3) is 0 Å². The number of anilines is 1. The van der Waals surface area contributed by atoms with Gasteiger partial charge in [0.1, 0.15) is 5.82 Å². The van der Waals surface area contributed by atoms with E-state index in [1.807, 2.05) is 34.2 Å². The summed E-state index contributed by atoms with van der Waals surface area (Å²) in [5, 5.41) is 14.4. The first-order valence-electron chi connectivity index (χ1n) is 8.53. The molecule has 1 amide bonds. The van der Waals surface area contributed by atoms with Gasteiger partial charge in [0.15, 0.2) is 11.0 Å². The number of benzene rings is 2. The Morgan fingerprint density at radius 3 is 2.69 bits per heavy atom. The maximum Gasteiger partial charge on any atom is 0.234 e. The number of rotatable bonds is 6. The molecule has 0 fully saturated rings. The van der Waals surface area contributed by atoms with Gasteiger partial charge in [-0.05, 0) is 53.9 Å². The van der Waals surface area contributed by atoms with Crippen LogP contribution in [0.1, 0.15) is 0 Å². The Kier molecular flexibility index (Phi) is 5.94. The van der Waals surface area contributed by atoms with Crippen LogP contribution < -0.4 is 5.32 Å². The van der Waals surface area contributed by atoms with Crippen molar-refractivity contribution in [1.82, 2.24) is 14.8 Å². The van der Waals surface area contributed by atoms with E-state index in [0.29, 0.717) is 21.7 Å². The van der Waals surface area contributed by atoms with E-state index in [1.165, 1.54) is 23.9 Å². The molecule has 2 heterocycles. The van der Waals surface area contributed by atoms with Crippen LogP contribution in [0.15, 0.2) is 71.2 Å². The van der Waals surface area contributed by atoms with Crippen LogP contribution in [0.4, 0.5) is 10.1 Å². The Morgan fingerprint density at radius 2 is 1.97 bits per heavy atom. The van der Waals surface area contributed by atoms with Crippen LogP contribution >= 0.6 is 34.7 Å². The molecule has 146 valence electrons. The molecule has 5 nitrogen and oxygen atoms in total. The zero-order valence-electron chi connectivity index (χ0n) is 14.9. The topological polar surface area (TPSA) is 59.8 Å². The van der Waals surface area contributed by atoms with E-state index in [9.17, 15) is 9.18 Å². The second kappa shape index (κ2) is 8.77. The molecule has 0 bridgehead atoms. The van der Waals surface area contributed by atoms with Crippen molar-refractivity contribution < 1.29 is 9.18 Å². The van der Waals surface area contributed by atoms with Gasteiger partial charge in [-0.3, -0.25) is 9.36 Å². The minimum atomic E-state index is -0.404. The van der Waals surface area contributed by atoms with Crippen LogP contribution in [0.5, 0.6) is 0 Å². The van der Waals surface area contributed by atoms with Crippen molar-refractivity contribution in [3.63, 3.8) is 0 Å². The Labute approximate surface area is 179 Å². The lowest BCUT2D eigenvalue weighted by atomic mass is 10.3. The van der Waals surface area contributed by atoms with Crippen molar-refractivity contribution in [2.75, 3.05) is 11.1 Å². The van der Waals surface area contributed by atoms with Crippen molar-refractivity contribution in [2.24, 2.45) is 0 Å². The number of aromatic nitrogens is 3. The first kappa shape index (κ1) is 19.6. The van der Waals surface area contributed by atoms with Gasteiger partial charge in [-0.1, -0.05) is 35.5 Å². The Bertz CT molecular complexity index is 1130. The Hall–Kier alpha value is -2.68. The lowest BCUT2D eigenvalue weighted by molar-refractivity contribution is -0.113. The second-order valence-electron chi connectivity index (χ2n) is 5.94. The molecule has 0 radical (unpaired) electrons. The van der Waals surface area contributed by atoms with E-state index < -0.39 is 5.82 Å². The van der Waals surface area contributed by atoms with E-state index in [0.717, 1.165) is 10.6 Å². The highest BCUT2D eigenvalue weighted by Gasteiger charge is 2.18. The lowest BCUT2D eigenvalue weighted by Gasteiger charge is -2.10. The summed E-state index contributed by atoms with van der Waals surface area (Å²) in [7, 11) is 0. The van der Waals surface area contributed by atoms with Gasteiger partial charge in [0.05, 0.1) is 10.6 Å². The minimum absolute atomic E-state index is 0.104. The number of thiophene rings is 1. The number of amides is 1. The molecule has 0 aliphatic heterocycles. The highest BCUT2D eigenvalue weighted by Crippen LogP contribution is 2.31. The van der Waals surface area contributed by atoms with E-state index in [2.05, 4.69) is 15.5 Å². The molecule has 0 aliphatic carbocycles. The number of nitrogens with zero attached hydrogens (tertiary/aromatic N) is 3. The summed E-state index contributed by atoms with van der Waals surface area (Å²) in [6, 6.07) is 17.0. The van der Waals surface area contributed by atoms with Crippen molar-refractivity contribution in [3.8, 4) is 16.4 Å². The van der Waals surface area contributed by atoms with E-state index in [4.69, 9.17) is 11.6 Å².